The molecule has 1 aliphatic heterocycles. The lowest BCUT2D eigenvalue weighted by molar-refractivity contribution is -0.125. The molecule has 1 saturated heterocycles. The zero-order chi connectivity index (χ0) is 11.5. The fourth-order valence-electron chi connectivity index (χ4n) is 1.67. The van der Waals surface area contributed by atoms with Crippen LogP contribution in [0.2, 0.25) is 0 Å². The number of ketones is 1. The maximum Gasteiger partial charge on any atom is 0.158 e. The first kappa shape index (κ1) is 12.6. The molecule has 88 valence electrons. The fourth-order valence-corrected chi connectivity index (χ4v) is 3.54. The van der Waals surface area contributed by atoms with Crippen molar-refractivity contribution in [2.24, 2.45) is 5.92 Å². The Morgan fingerprint density at radius 1 is 1.47 bits per heavy atom. The van der Waals surface area contributed by atoms with Crippen molar-refractivity contribution in [2.75, 3.05) is 18.1 Å². The predicted octanol–water partition coefficient (Wildman–Crippen LogP) is 0.805. The number of hydrogen-bond donors (Lipinski definition) is 0. The molecule has 1 atom stereocenters. The molecule has 0 aromatic carbocycles. The van der Waals surface area contributed by atoms with Gasteiger partial charge in [-0.15, -0.1) is 0 Å². The van der Waals surface area contributed by atoms with Crippen LogP contribution in [0.4, 0.5) is 0 Å². The van der Waals surface area contributed by atoms with E-state index in [2.05, 4.69) is 0 Å². The molecule has 15 heavy (non-hydrogen) atoms. The zero-order valence-corrected chi connectivity index (χ0v) is 10.0. The molecular weight excluding hydrogens is 216 g/mol. The van der Waals surface area contributed by atoms with Crippen LogP contribution in [0, 0.1) is 5.92 Å². The van der Waals surface area contributed by atoms with Gasteiger partial charge in [0.05, 0.1) is 17.6 Å². The molecule has 0 amide bonds. The minimum absolute atomic E-state index is 0.00537. The SMILES string of the molecule is CC(C)OCC(=O)CC1CCS(=O)(=O)C1. The van der Waals surface area contributed by atoms with Gasteiger partial charge in [0.2, 0.25) is 0 Å². The maximum atomic E-state index is 11.4. The highest BCUT2D eigenvalue weighted by atomic mass is 32.2. The summed E-state index contributed by atoms with van der Waals surface area (Å²) in [5.74, 6) is 0.417. The Balaban J connectivity index is 2.28. The first-order chi connectivity index (χ1) is 6.89. The molecule has 1 rings (SSSR count). The first-order valence-corrected chi connectivity index (χ1v) is 7.05. The van der Waals surface area contributed by atoms with Gasteiger partial charge in [-0.2, -0.15) is 0 Å². The first-order valence-electron chi connectivity index (χ1n) is 5.23. The van der Waals surface area contributed by atoms with Crippen molar-refractivity contribution in [3.8, 4) is 0 Å². The van der Waals surface area contributed by atoms with Gasteiger partial charge < -0.3 is 4.74 Å². The monoisotopic (exact) mass is 234 g/mol. The van der Waals surface area contributed by atoms with Crippen LogP contribution in [0.15, 0.2) is 0 Å². The van der Waals surface area contributed by atoms with Crippen molar-refractivity contribution in [3.05, 3.63) is 0 Å². The summed E-state index contributed by atoms with van der Waals surface area (Å²) in [5.41, 5.74) is 0. The van der Waals surface area contributed by atoms with Crippen LogP contribution in [0.3, 0.4) is 0 Å². The van der Waals surface area contributed by atoms with E-state index in [0.717, 1.165) is 0 Å². The van der Waals surface area contributed by atoms with E-state index in [1.54, 1.807) is 0 Å². The van der Waals surface area contributed by atoms with Crippen molar-refractivity contribution in [3.63, 3.8) is 0 Å². The number of hydrogen-bond acceptors (Lipinski definition) is 4. The second kappa shape index (κ2) is 5.07. The molecule has 0 bridgehead atoms. The van der Waals surface area contributed by atoms with Gasteiger partial charge in [-0.1, -0.05) is 0 Å². The Hall–Kier alpha value is -0.420. The van der Waals surface area contributed by atoms with E-state index in [1.807, 2.05) is 13.8 Å². The van der Waals surface area contributed by atoms with Crippen LogP contribution >= 0.6 is 0 Å². The van der Waals surface area contributed by atoms with Gasteiger partial charge in [0.1, 0.15) is 6.61 Å². The van der Waals surface area contributed by atoms with E-state index in [0.29, 0.717) is 12.8 Å². The normalized spacial score (nSPS) is 24.6. The molecule has 1 fully saturated rings. The van der Waals surface area contributed by atoms with E-state index in [1.165, 1.54) is 0 Å². The van der Waals surface area contributed by atoms with Crippen LogP contribution < -0.4 is 0 Å². The van der Waals surface area contributed by atoms with Crippen molar-refractivity contribution in [1.29, 1.82) is 0 Å². The molecule has 0 spiro atoms. The molecule has 0 aromatic heterocycles. The molecule has 0 N–H and O–H groups in total. The summed E-state index contributed by atoms with van der Waals surface area (Å²) in [6, 6.07) is 0. The summed E-state index contributed by atoms with van der Waals surface area (Å²) < 4.78 is 27.5. The predicted molar refractivity (Wildman–Crippen MR) is 57.5 cm³/mol. The third-order valence-corrected chi connectivity index (χ3v) is 4.26. The zero-order valence-electron chi connectivity index (χ0n) is 9.23. The quantitative estimate of drug-likeness (QED) is 0.706. The van der Waals surface area contributed by atoms with Gasteiger partial charge in [-0.3, -0.25) is 4.79 Å². The van der Waals surface area contributed by atoms with E-state index in [9.17, 15) is 13.2 Å². The van der Waals surface area contributed by atoms with Crippen LogP contribution in [0.5, 0.6) is 0 Å². The smallest absolute Gasteiger partial charge is 0.158 e. The number of Topliss-reactive ketones (excluding diaryl/α,β-unsaturated/α-hetero) is 1. The Morgan fingerprint density at radius 2 is 2.13 bits per heavy atom. The molecule has 0 saturated carbocycles. The van der Waals surface area contributed by atoms with E-state index < -0.39 is 9.84 Å². The summed E-state index contributed by atoms with van der Waals surface area (Å²) >= 11 is 0. The number of carbonyl (C=O) groups is 1. The average Bonchev–Trinajstić information content (AvgIpc) is 2.42. The summed E-state index contributed by atoms with van der Waals surface area (Å²) in [5, 5.41) is 0. The summed E-state index contributed by atoms with van der Waals surface area (Å²) in [7, 11) is -2.87. The number of rotatable bonds is 5. The van der Waals surface area contributed by atoms with Gasteiger partial charge >= 0.3 is 0 Å². The molecule has 1 aliphatic rings. The second-order valence-corrected chi connectivity index (χ2v) is 6.60. The maximum absolute atomic E-state index is 11.4. The van der Waals surface area contributed by atoms with Crippen LogP contribution in [-0.2, 0) is 19.4 Å². The highest BCUT2D eigenvalue weighted by Gasteiger charge is 2.29. The molecule has 0 aliphatic carbocycles. The Morgan fingerprint density at radius 3 is 2.60 bits per heavy atom. The number of carbonyl (C=O) groups excluding carboxylic acids is 1. The summed E-state index contributed by atoms with van der Waals surface area (Å²) in [4.78, 5) is 11.4. The average molecular weight is 234 g/mol. The van der Waals surface area contributed by atoms with Crippen molar-refractivity contribution in [1.82, 2.24) is 0 Å². The van der Waals surface area contributed by atoms with Crippen LogP contribution in [0.1, 0.15) is 26.7 Å². The lowest BCUT2D eigenvalue weighted by Crippen LogP contribution is -2.17. The molecule has 4 nitrogen and oxygen atoms in total. The van der Waals surface area contributed by atoms with Gasteiger partial charge in [0.15, 0.2) is 15.6 Å². The van der Waals surface area contributed by atoms with E-state index in [-0.39, 0.29) is 35.9 Å². The van der Waals surface area contributed by atoms with E-state index >= 15 is 0 Å². The van der Waals surface area contributed by atoms with Crippen molar-refractivity contribution in [2.45, 2.75) is 32.8 Å². The van der Waals surface area contributed by atoms with Crippen molar-refractivity contribution >= 4 is 15.6 Å². The third-order valence-electron chi connectivity index (χ3n) is 2.42. The van der Waals surface area contributed by atoms with Gasteiger partial charge in [0.25, 0.3) is 0 Å². The second-order valence-electron chi connectivity index (χ2n) is 4.37. The van der Waals surface area contributed by atoms with E-state index in [4.69, 9.17) is 4.74 Å². The van der Waals surface area contributed by atoms with Gasteiger partial charge in [0, 0.05) is 6.42 Å². The highest BCUT2D eigenvalue weighted by Crippen LogP contribution is 2.21. The lowest BCUT2D eigenvalue weighted by atomic mass is 10.0. The van der Waals surface area contributed by atoms with Crippen molar-refractivity contribution < 1.29 is 17.9 Å². The minimum atomic E-state index is -2.87. The topological polar surface area (TPSA) is 60.4 Å². The van der Waals surface area contributed by atoms with Crippen LogP contribution in [0.25, 0.3) is 0 Å². The molecule has 0 aromatic rings. The Kier molecular flexibility index (Phi) is 4.28. The largest absolute Gasteiger partial charge is 0.371 e. The summed E-state index contributed by atoms with van der Waals surface area (Å²) in [6.45, 7) is 3.84. The molecule has 1 heterocycles. The van der Waals surface area contributed by atoms with Crippen LogP contribution in [-0.4, -0.2) is 38.4 Å². The van der Waals surface area contributed by atoms with Gasteiger partial charge in [-0.25, -0.2) is 8.42 Å². The Bertz CT molecular complexity index is 318. The number of ether oxygens (including phenoxy) is 1. The third kappa shape index (κ3) is 4.75. The molecule has 5 heteroatoms. The Labute approximate surface area is 90.9 Å². The number of sulfone groups is 1. The molecule has 0 radical (unpaired) electrons. The molecule has 1 unspecified atom stereocenters. The minimum Gasteiger partial charge on any atom is -0.371 e. The fraction of sp³-hybridized carbons (Fsp3) is 0.900. The standard InChI is InChI=1S/C10H18O4S/c1-8(2)14-6-10(11)5-9-3-4-15(12,13)7-9/h8-9H,3-7H2,1-2H3. The molecular formula is C10H18O4S. The highest BCUT2D eigenvalue weighted by molar-refractivity contribution is 7.91. The summed E-state index contributed by atoms with van der Waals surface area (Å²) in [6.07, 6.45) is 1.00. The lowest BCUT2D eigenvalue weighted by Gasteiger charge is -2.09. The van der Waals surface area contributed by atoms with Gasteiger partial charge in [-0.05, 0) is 26.2 Å².